The summed E-state index contributed by atoms with van der Waals surface area (Å²) in [6, 6.07) is 5.83. The molecular formula is C13H12FN3O2S. The molecule has 1 aromatic carbocycles. The first-order valence-corrected chi connectivity index (χ1v) is 6.55. The van der Waals surface area contributed by atoms with Crippen LogP contribution >= 0.6 is 11.3 Å². The van der Waals surface area contributed by atoms with E-state index in [1.54, 1.807) is 25.3 Å². The molecule has 2 rings (SSSR count). The van der Waals surface area contributed by atoms with Crippen LogP contribution in [0, 0.1) is 5.82 Å². The number of nitrogens with zero attached hydrogens (tertiary/aromatic N) is 2. The molecule has 0 bridgehead atoms. The van der Waals surface area contributed by atoms with Gasteiger partial charge in [-0.15, -0.1) is 10.2 Å². The van der Waals surface area contributed by atoms with E-state index < -0.39 is 0 Å². The molecule has 0 aliphatic carbocycles. The highest BCUT2D eigenvalue weighted by Gasteiger charge is 2.05. The SMILES string of the molecule is COCc1nnc(NC(=O)/C=C/c2ccc(F)cc2)s1. The van der Waals surface area contributed by atoms with Crippen LogP contribution in [0.15, 0.2) is 30.3 Å². The van der Waals surface area contributed by atoms with Gasteiger partial charge >= 0.3 is 0 Å². The van der Waals surface area contributed by atoms with Gasteiger partial charge in [0.2, 0.25) is 11.0 Å². The first-order valence-electron chi connectivity index (χ1n) is 5.73. The van der Waals surface area contributed by atoms with Crippen molar-refractivity contribution in [1.82, 2.24) is 10.2 Å². The molecule has 104 valence electrons. The highest BCUT2D eigenvalue weighted by atomic mass is 32.1. The molecule has 0 radical (unpaired) electrons. The Morgan fingerprint density at radius 3 is 2.85 bits per heavy atom. The number of hydrogen-bond acceptors (Lipinski definition) is 5. The van der Waals surface area contributed by atoms with Crippen molar-refractivity contribution in [2.24, 2.45) is 0 Å². The number of aromatic nitrogens is 2. The van der Waals surface area contributed by atoms with E-state index in [1.807, 2.05) is 0 Å². The second-order valence-electron chi connectivity index (χ2n) is 3.81. The molecule has 0 fully saturated rings. The van der Waals surface area contributed by atoms with E-state index in [-0.39, 0.29) is 11.7 Å². The summed E-state index contributed by atoms with van der Waals surface area (Å²) >= 11 is 1.25. The van der Waals surface area contributed by atoms with Gasteiger partial charge in [-0.25, -0.2) is 4.39 Å². The molecule has 1 N–H and O–H groups in total. The number of amides is 1. The molecule has 0 aliphatic rings. The van der Waals surface area contributed by atoms with Crippen LogP contribution in [-0.4, -0.2) is 23.2 Å². The van der Waals surface area contributed by atoms with Crippen LogP contribution in [0.4, 0.5) is 9.52 Å². The van der Waals surface area contributed by atoms with Crippen molar-refractivity contribution < 1.29 is 13.9 Å². The summed E-state index contributed by atoms with van der Waals surface area (Å²) in [6.07, 6.45) is 2.94. The Balaban J connectivity index is 1.92. The molecule has 1 amide bonds. The molecule has 0 saturated carbocycles. The molecule has 2 aromatic rings. The Hall–Kier alpha value is -2.12. The number of hydrogen-bond donors (Lipinski definition) is 1. The molecule has 0 spiro atoms. The molecule has 0 aliphatic heterocycles. The van der Waals surface area contributed by atoms with Crippen LogP contribution in [0.3, 0.4) is 0 Å². The van der Waals surface area contributed by atoms with E-state index in [0.717, 1.165) is 5.56 Å². The smallest absolute Gasteiger partial charge is 0.250 e. The Morgan fingerprint density at radius 1 is 1.40 bits per heavy atom. The molecule has 0 saturated heterocycles. The van der Waals surface area contributed by atoms with Crippen LogP contribution in [0.25, 0.3) is 6.08 Å². The third-order valence-corrected chi connectivity index (χ3v) is 3.07. The molecule has 20 heavy (non-hydrogen) atoms. The lowest BCUT2D eigenvalue weighted by molar-refractivity contribution is -0.111. The predicted octanol–water partition coefficient (Wildman–Crippen LogP) is 2.48. The fourth-order valence-electron chi connectivity index (χ4n) is 1.38. The number of carbonyl (C=O) groups is 1. The second-order valence-corrected chi connectivity index (χ2v) is 4.87. The summed E-state index contributed by atoms with van der Waals surface area (Å²) in [5.41, 5.74) is 0.735. The van der Waals surface area contributed by atoms with Crippen LogP contribution in [0.1, 0.15) is 10.6 Å². The van der Waals surface area contributed by atoms with Crippen LogP contribution in [0.2, 0.25) is 0 Å². The summed E-state index contributed by atoms with van der Waals surface area (Å²) in [5.74, 6) is -0.638. The van der Waals surface area contributed by atoms with Gasteiger partial charge in [-0.1, -0.05) is 23.5 Å². The molecule has 1 aromatic heterocycles. The number of benzene rings is 1. The zero-order chi connectivity index (χ0) is 14.4. The second kappa shape index (κ2) is 6.88. The minimum atomic E-state index is -0.325. The highest BCUT2D eigenvalue weighted by molar-refractivity contribution is 7.15. The van der Waals surface area contributed by atoms with Gasteiger partial charge in [0.25, 0.3) is 0 Å². The fourth-order valence-corrected chi connectivity index (χ4v) is 2.09. The Kier molecular flexibility index (Phi) is 4.91. The van der Waals surface area contributed by atoms with Gasteiger partial charge in [0, 0.05) is 13.2 Å². The van der Waals surface area contributed by atoms with Gasteiger partial charge in [-0.2, -0.15) is 0 Å². The van der Waals surface area contributed by atoms with Gasteiger partial charge in [0.15, 0.2) is 0 Å². The maximum Gasteiger partial charge on any atom is 0.250 e. The zero-order valence-corrected chi connectivity index (χ0v) is 11.5. The average molecular weight is 293 g/mol. The van der Waals surface area contributed by atoms with Crippen molar-refractivity contribution in [3.8, 4) is 0 Å². The van der Waals surface area contributed by atoms with Gasteiger partial charge in [0.1, 0.15) is 17.4 Å². The summed E-state index contributed by atoms with van der Waals surface area (Å²) < 4.78 is 17.6. The number of carbonyl (C=O) groups excluding carboxylic acids is 1. The lowest BCUT2D eigenvalue weighted by Gasteiger charge is -1.95. The van der Waals surface area contributed by atoms with Crippen molar-refractivity contribution in [2.75, 3.05) is 12.4 Å². The quantitative estimate of drug-likeness (QED) is 0.860. The fraction of sp³-hybridized carbons (Fsp3) is 0.154. The summed E-state index contributed by atoms with van der Waals surface area (Å²) in [7, 11) is 1.56. The average Bonchev–Trinajstić information content (AvgIpc) is 2.86. The molecule has 0 atom stereocenters. The summed E-state index contributed by atoms with van der Waals surface area (Å²) in [4.78, 5) is 11.7. The summed E-state index contributed by atoms with van der Waals surface area (Å²) in [5, 5.41) is 11.3. The molecule has 1 heterocycles. The van der Waals surface area contributed by atoms with E-state index >= 15 is 0 Å². The monoisotopic (exact) mass is 293 g/mol. The van der Waals surface area contributed by atoms with E-state index in [2.05, 4.69) is 15.5 Å². The number of ether oxygens (including phenoxy) is 1. The Morgan fingerprint density at radius 2 is 2.15 bits per heavy atom. The third kappa shape index (κ3) is 4.22. The third-order valence-electron chi connectivity index (χ3n) is 2.26. The highest BCUT2D eigenvalue weighted by Crippen LogP contribution is 2.15. The van der Waals surface area contributed by atoms with E-state index in [9.17, 15) is 9.18 Å². The van der Waals surface area contributed by atoms with Crippen molar-refractivity contribution in [3.05, 3.63) is 46.7 Å². The van der Waals surface area contributed by atoms with Crippen molar-refractivity contribution in [3.63, 3.8) is 0 Å². The van der Waals surface area contributed by atoms with Crippen molar-refractivity contribution >= 4 is 28.5 Å². The maximum absolute atomic E-state index is 12.7. The molecule has 5 nitrogen and oxygen atoms in total. The van der Waals surface area contributed by atoms with Gasteiger partial charge in [-0.3, -0.25) is 10.1 Å². The number of nitrogens with one attached hydrogen (secondary N) is 1. The first-order chi connectivity index (χ1) is 9.67. The topological polar surface area (TPSA) is 64.1 Å². The molecular weight excluding hydrogens is 281 g/mol. The van der Waals surface area contributed by atoms with E-state index in [1.165, 1.54) is 29.5 Å². The minimum Gasteiger partial charge on any atom is -0.377 e. The predicted molar refractivity (Wildman–Crippen MR) is 74.7 cm³/mol. The normalized spacial score (nSPS) is 10.9. The van der Waals surface area contributed by atoms with Crippen molar-refractivity contribution in [2.45, 2.75) is 6.61 Å². The van der Waals surface area contributed by atoms with Gasteiger partial charge in [-0.05, 0) is 23.8 Å². The molecule has 0 unspecified atom stereocenters. The van der Waals surface area contributed by atoms with Gasteiger partial charge < -0.3 is 4.74 Å². The van der Waals surface area contributed by atoms with Crippen LogP contribution < -0.4 is 5.32 Å². The lowest BCUT2D eigenvalue weighted by atomic mass is 10.2. The molecule has 7 heteroatoms. The van der Waals surface area contributed by atoms with E-state index in [0.29, 0.717) is 16.7 Å². The van der Waals surface area contributed by atoms with Crippen molar-refractivity contribution in [1.29, 1.82) is 0 Å². The number of methoxy groups -OCH3 is 1. The van der Waals surface area contributed by atoms with Gasteiger partial charge in [0.05, 0.1) is 0 Å². The minimum absolute atomic E-state index is 0.314. The number of halogens is 1. The van der Waals surface area contributed by atoms with Crippen LogP contribution in [0.5, 0.6) is 0 Å². The van der Waals surface area contributed by atoms with Crippen LogP contribution in [-0.2, 0) is 16.1 Å². The standard InChI is InChI=1S/C13H12FN3O2S/c1-19-8-12-16-17-13(20-12)15-11(18)7-4-9-2-5-10(14)6-3-9/h2-7H,8H2,1H3,(H,15,17,18)/b7-4+. The maximum atomic E-state index is 12.7. The Bertz CT molecular complexity index is 610. The van der Waals surface area contributed by atoms with E-state index in [4.69, 9.17) is 4.74 Å². The number of anilines is 1. The Labute approximate surface area is 119 Å². The lowest BCUT2D eigenvalue weighted by Crippen LogP contribution is -2.07. The summed E-state index contributed by atoms with van der Waals surface area (Å²) in [6.45, 7) is 0.360. The zero-order valence-electron chi connectivity index (χ0n) is 10.7. The first kappa shape index (κ1) is 14.3. The number of rotatable bonds is 5. The largest absolute Gasteiger partial charge is 0.377 e.